The molecule has 0 aromatic heterocycles. The Hall–Kier alpha value is -4.18. The summed E-state index contributed by atoms with van der Waals surface area (Å²) < 4.78 is 11.8. The van der Waals surface area contributed by atoms with Crippen LogP contribution < -0.4 is 9.47 Å². The number of carbonyl (C=O) groups is 2. The molecule has 0 amide bonds. The van der Waals surface area contributed by atoms with Gasteiger partial charge in [0.2, 0.25) is 0 Å². The van der Waals surface area contributed by atoms with Gasteiger partial charge in [0.05, 0.1) is 11.1 Å². The lowest BCUT2D eigenvalue weighted by molar-refractivity contribution is 0.0683. The van der Waals surface area contributed by atoms with Crippen molar-refractivity contribution in [3.63, 3.8) is 0 Å². The zero-order valence-electron chi connectivity index (χ0n) is 19.4. The molecule has 34 heavy (non-hydrogen) atoms. The summed E-state index contributed by atoms with van der Waals surface area (Å²) in [7, 11) is 0. The van der Waals surface area contributed by atoms with E-state index in [0.29, 0.717) is 16.7 Å². The summed E-state index contributed by atoms with van der Waals surface area (Å²) in [6, 6.07) is 30.9. The molecule has 0 N–H and O–H groups in total. The van der Waals surface area contributed by atoms with Crippen LogP contribution in [0.15, 0.2) is 103 Å². The Morgan fingerprint density at radius 1 is 0.618 bits per heavy atom. The molecule has 4 aromatic rings. The maximum Gasteiger partial charge on any atom is 0.343 e. The monoisotopic (exact) mass is 450 g/mol. The van der Waals surface area contributed by atoms with Gasteiger partial charge in [-0.3, -0.25) is 0 Å². The van der Waals surface area contributed by atoms with E-state index in [4.69, 9.17) is 9.47 Å². The minimum Gasteiger partial charge on any atom is -0.419 e. The molecule has 0 saturated carbocycles. The lowest BCUT2D eigenvalue weighted by atomic mass is 9.85. The highest BCUT2D eigenvalue weighted by atomic mass is 16.6. The number of carbonyl (C=O) groups excluding carboxylic acids is 2. The molecule has 0 aliphatic carbocycles. The van der Waals surface area contributed by atoms with Gasteiger partial charge in [-0.1, -0.05) is 87.5 Å². The topological polar surface area (TPSA) is 52.6 Å². The summed E-state index contributed by atoms with van der Waals surface area (Å²) >= 11 is 0. The van der Waals surface area contributed by atoms with Gasteiger partial charge in [-0.25, -0.2) is 9.59 Å². The van der Waals surface area contributed by atoms with Crippen LogP contribution >= 0.6 is 0 Å². The molecule has 4 aromatic carbocycles. The van der Waals surface area contributed by atoms with Crippen molar-refractivity contribution in [2.75, 3.05) is 0 Å². The molecule has 0 aliphatic heterocycles. The molecule has 0 bridgehead atoms. The van der Waals surface area contributed by atoms with Crippen molar-refractivity contribution < 1.29 is 19.1 Å². The van der Waals surface area contributed by atoms with E-state index in [0.717, 1.165) is 11.1 Å². The third-order valence-corrected chi connectivity index (χ3v) is 5.42. The van der Waals surface area contributed by atoms with Gasteiger partial charge in [-0.05, 0) is 52.9 Å². The largest absolute Gasteiger partial charge is 0.419 e. The normalized spacial score (nSPS) is 11.0. The standard InChI is InChI=1S/C30H26O4/c1-30(2,3)24-19-25(21-13-7-4-8-14-21)27(34-29(32)23-17-11-6-12-18-23)26(20-24)33-28(31)22-15-9-5-10-16-22/h4-20H,1-3H3. The third kappa shape index (κ3) is 5.24. The fourth-order valence-corrected chi connectivity index (χ4v) is 3.51. The van der Waals surface area contributed by atoms with Crippen LogP contribution in [0.4, 0.5) is 0 Å². The van der Waals surface area contributed by atoms with Gasteiger partial charge in [0, 0.05) is 5.56 Å². The van der Waals surface area contributed by atoms with Crippen molar-refractivity contribution in [1.82, 2.24) is 0 Å². The predicted octanol–water partition coefficient (Wildman–Crippen LogP) is 7.09. The second kappa shape index (κ2) is 9.75. The van der Waals surface area contributed by atoms with Crippen LogP contribution in [0.2, 0.25) is 0 Å². The van der Waals surface area contributed by atoms with E-state index < -0.39 is 11.9 Å². The fraction of sp³-hybridized carbons (Fsp3) is 0.133. The van der Waals surface area contributed by atoms with Gasteiger partial charge in [-0.2, -0.15) is 0 Å². The second-order valence-corrected chi connectivity index (χ2v) is 8.98. The van der Waals surface area contributed by atoms with Crippen LogP contribution in [0.25, 0.3) is 11.1 Å². The smallest absolute Gasteiger partial charge is 0.343 e. The van der Waals surface area contributed by atoms with E-state index in [-0.39, 0.29) is 16.9 Å². The predicted molar refractivity (Wildman–Crippen MR) is 133 cm³/mol. The highest BCUT2D eigenvalue weighted by Crippen LogP contribution is 2.43. The van der Waals surface area contributed by atoms with Crippen LogP contribution in [-0.4, -0.2) is 11.9 Å². The van der Waals surface area contributed by atoms with E-state index in [1.807, 2.05) is 48.5 Å². The molecule has 0 fully saturated rings. The number of ether oxygens (including phenoxy) is 2. The van der Waals surface area contributed by atoms with Crippen molar-refractivity contribution in [2.24, 2.45) is 0 Å². The molecule has 0 spiro atoms. The Labute approximate surface area is 199 Å². The first-order valence-electron chi connectivity index (χ1n) is 11.1. The summed E-state index contributed by atoms with van der Waals surface area (Å²) in [4.78, 5) is 26.0. The van der Waals surface area contributed by atoms with Gasteiger partial charge in [0.15, 0.2) is 11.5 Å². The molecule has 170 valence electrons. The second-order valence-electron chi connectivity index (χ2n) is 8.98. The molecule has 0 unspecified atom stereocenters. The van der Waals surface area contributed by atoms with E-state index in [9.17, 15) is 9.59 Å². The maximum atomic E-state index is 13.0. The molecule has 0 heterocycles. The minimum absolute atomic E-state index is 0.199. The Kier molecular flexibility index (Phi) is 6.60. The van der Waals surface area contributed by atoms with Crippen molar-refractivity contribution in [2.45, 2.75) is 26.2 Å². The summed E-state index contributed by atoms with van der Waals surface area (Å²) in [6.45, 7) is 6.24. The highest BCUT2D eigenvalue weighted by molar-refractivity contribution is 5.95. The number of rotatable bonds is 5. The van der Waals surface area contributed by atoms with E-state index >= 15 is 0 Å². The van der Waals surface area contributed by atoms with Crippen molar-refractivity contribution >= 4 is 11.9 Å². The number of hydrogen-bond acceptors (Lipinski definition) is 4. The Morgan fingerprint density at radius 2 is 1.09 bits per heavy atom. The zero-order chi connectivity index (χ0) is 24.1. The maximum absolute atomic E-state index is 13.0. The molecule has 4 nitrogen and oxygen atoms in total. The van der Waals surface area contributed by atoms with E-state index in [2.05, 4.69) is 20.8 Å². The molecule has 0 saturated heterocycles. The van der Waals surface area contributed by atoms with Crippen LogP contribution in [0, 0.1) is 0 Å². The van der Waals surface area contributed by atoms with Crippen molar-refractivity contribution in [3.05, 3.63) is 120 Å². The lowest BCUT2D eigenvalue weighted by Crippen LogP contribution is -2.16. The molecular weight excluding hydrogens is 424 g/mol. The van der Waals surface area contributed by atoms with Gasteiger partial charge in [0.1, 0.15) is 0 Å². The first kappa shape index (κ1) is 23.0. The van der Waals surface area contributed by atoms with Crippen LogP contribution in [0.1, 0.15) is 47.1 Å². The van der Waals surface area contributed by atoms with Gasteiger partial charge < -0.3 is 9.47 Å². The quantitative estimate of drug-likeness (QED) is 0.241. The van der Waals surface area contributed by atoms with Crippen LogP contribution in [0.3, 0.4) is 0 Å². The summed E-state index contributed by atoms with van der Waals surface area (Å²) in [5, 5.41) is 0. The molecule has 4 heteroatoms. The third-order valence-electron chi connectivity index (χ3n) is 5.42. The molecule has 0 aliphatic rings. The fourth-order valence-electron chi connectivity index (χ4n) is 3.51. The molecule has 0 radical (unpaired) electrons. The Balaban J connectivity index is 1.87. The van der Waals surface area contributed by atoms with E-state index in [1.165, 1.54) is 0 Å². The molecular formula is C30H26O4. The average Bonchev–Trinajstić information content (AvgIpc) is 2.85. The van der Waals surface area contributed by atoms with Crippen LogP contribution in [0.5, 0.6) is 11.5 Å². The van der Waals surface area contributed by atoms with Crippen LogP contribution in [-0.2, 0) is 5.41 Å². The van der Waals surface area contributed by atoms with Gasteiger partial charge in [-0.15, -0.1) is 0 Å². The Morgan fingerprint density at radius 3 is 1.59 bits per heavy atom. The summed E-state index contributed by atoms with van der Waals surface area (Å²) in [6.07, 6.45) is 0. The van der Waals surface area contributed by atoms with Gasteiger partial charge >= 0.3 is 11.9 Å². The van der Waals surface area contributed by atoms with Crippen molar-refractivity contribution in [1.29, 1.82) is 0 Å². The minimum atomic E-state index is -0.529. The SMILES string of the molecule is CC(C)(C)c1cc(OC(=O)c2ccccc2)c(OC(=O)c2ccccc2)c(-c2ccccc2)c1. The summed E-state index contributed by atoms with van der Waals surface area (Å²) in [5.74, 6) is -0.650. The molecule has 0 atom stereocenters. The lowest BCUT2D eigenvalue weighted by Gasteiger charge is -2.23. The first-order valence-corrected chi connectivity index (χ1v) is 11.1. The van der Waals surface area contributed by atoms with Gasteiger partial charge in [0.25, 0.3) is 0 Å². The summed E-state index contributed by atoms with van der Waals surface area (Å²) in [5.41, 5.74) is 3.04. The Bertz CT molecular complexity index is 1290. The number of hydrogen-bond donors (Lipinski definition) is 0. The van der Waals surface area contributed by atoms with E-state index in [1.54, 1.807) is 54.6 Å². The zero-order valence-corrected chi connectivity index (χ0v) is 19.4. The first-order chi connectivity index (χ1) is 16.3. The average molecular weight is 451 g/mol. The molecule has 4 rings (SSSR count). The van der Waals surface area contributed by atoms with Crippen molar-refractivity contribution in [3.8, 4) is 22.6 Å². The number of esters is 2. The number of benzene rings is 4. The highest BCUT2D eigenvalue weighted by Gasteiger charge is 2.25.